The van der Waals surface area contributed by atoms with Gasteiger partial charge in [0, 0.05) is 25.0 Å². The number of hydrogen-bond acceptors (Lipinski definition) is 4. The molecule has 1 saturated carbocycles. The van der Waals surface area contributed by atoms with Crippen LogP contribution in [0.4, 0.5) is 13.2 Å². The van der Waals surface area contributed by atoms with Gasteiger partial charge in [0.15, 0.2) is 0 Å². The van der Waals surface area contributed by atoms with Gasteiger partial charge in [0.1, 0.15) is 0 Å². The van der Waals surface area contributed by atoms with Gasteiger partial charge < -0.3 is 5.32 Å². The number of nitrogens with one attached hydrogen (secondary N) is 1. The highest BCUT2D eigenvalue weighted by atomic mass is 32.2. The average molecular weight is 456 g/mol. The monoisotopic (exact) mass is 456 g/mol. The van der Waals surface area contributed by atoms with Crippen molar-refractivity contribution in [3.05, 3.63) is 47.3 Å². The average Bonchev–Trinajstić information content (AvgIpc) is 3.44. The SMILES string of the molecule is CS(=O)(=O)N1CCCC(NC(=O)c2cnn(-c3cccc(C(F)(F)F)c3)c2C2CC2)C1. The summed E-state index contributed by atoms with van der Waals surface area (Å²) in [7, 11) is -3.35. The molecule has 1 saturated heterocycles. The van der Waals surface area contributed by atoms with Gasteiger partial charge in [0.05, 0.1) is 35.0 Å². The molecule has 1 unspecified atom stereocenters. The van der Waals surface area contributed by atoms with Gasteiger partial charge in [-0.1, -0.05) is 6.07 Å². The van der Waals surface area contributed by atoms with Crippen LogP contribution in [0.3, 0.4) is 0 Å². The first-order valence-corrected chi connectivity index (χ1v) is 11.9. The number of alkyl halides is 3. The van der Waals surface area contributed by atoms with Gasteiger partial charge in [-0.25, -0.2) is 17.4 Å². The van der Waals surface area contributed by atoms with Crippen molar-refractivity contribution < 1.29 is 26.4 Å². The van der Waals surface area contributed by atoms with E-state index in [0.29, 0.717) is 30.6 Å². The number of piperidine rings is 1. The van der Waals surface area contributed by atoms with Crippen LogP contribution in [-0.2, 0) is 16.2 Å². The van der Waals surface area contributed by atoms with E-state index in [1.165, 1.54) is 27.3 Å². The quantitative estimate of drug-likeness (QED) is 0.750. The Kier molecular flexibility index (Phi) is 5.59. The van der Waals surface area contributed by atoms with Crippen LogP contribution in [0.15, 0.2) is 30.5 Å². The number of carbonyl (C=O) groups is 1. The van der Waals surface area contributed by atoms with E-state index in [-0.39, 0.29) is 30.1 Å². The van der Waals surface area contributed by atoms with E-state index >= 15 is 0 Å². The number of aromatic nitrogens is 2. The summed E-state index contributed by atoms with van der Waals surface area (Å²) in [4.78, 5) is 13.0. The summed E-state index contributed by atoms with van der Waals surface area (Å²) in [6, 6.07) is 4.53. The Morgan fingerprint density at radius 3 is 2.61 bits per heavy atom. The van der Waals surface area contributed by atoms with Gasteiger partial charge in [-0.3, -0.25) is 4.79 Å². The van der Waals surface area contributed by atoms with Crippen molar-refractivity contribution in [3.63, 3.8) is 0 Å². The molecular weight excluding hydrogens is 433 g/mol. The first-order chi connectivity index (χ1) is 14.5. The Labute approximate surface area is 178 Å². The van der Waals surface area contributed by atoms with Crippen molar-refractivity contribution in [2.75, 3.05) is 19.3 Å². The number of halogens is 3. The van der Waals surface area contributed by atoms with Gasteiger partial charge in [-0.2, -0.15) is 18.3 Å². The first-order valence-electron chi connectivity index (χ1n) is 10.1. The summed E-state index contributed by atoms with van der Waals surface area (Å²) in [6.45, 7) is 0.622. The fraction of sp³-hybridized carbons (Fsp3) is 0.500. The fourth-order valence-corrected chi connectivity index (χ4v) is 4.84. The Balaban J connectivity index is 1.59. The number of hydrogen-bond donors (Lipinski definition) is 1. The van der Waals surface area contributed by atoms with E-state index in [1.54, 1.807) is 0 Å². The van der Waals surface area contributed by atoms with Crippen LogP contribution in [-0.4, -0.2) is 53.8 Å². The van der Waals surface area contributed by atoms with Crippen LogP contribution in [0.1, 0.15) is 53.2 Å². The third-order valence-electron chi connectivity index (χ3n) is 5.62. The molecule has 1 aliphatic heterocycles. The van der Waals surface area contributed by atoms with E-state index < -0.39 is 21.8 Å². The predicted octanol–water partition coefficient (Wildman–Crippen LogP) is 2.92. The molecule has 1 aromatic carbocycles. The lowest BCUT2D eigenvalue weighted by Crippen LogP contribution is -2.49. The molecule has 7 nitrogen and oxygen atoms in total. The van der Waals surface area contributed by atoms with Crippen LogP contribution in [0, 0.1) is 0 Å². The molecule has 2 aliphatic rings. The highest BCUT2D eigenvalue weighted by molar-refractivity contribution is 7.88. The zero-order chi connectivity index (χ0) is 22.4. The lowest BCUT2D eigenvalue weighted by molar-refractivity contribution is -0.137. The molecule has 1 amide bonds. The molecule has 1 N–H and O–H groups in total. The highest BCUT2D eigenvalue weighted by Crippen LogP contribution is 2.43. The predicted molar refractivity (Wildman–Crippen MR) is 107 cm³/mol. The standard InChI is InChI=1S/C20H23F3N4O3S/c1-31(29,30)26-9-3-5-15(12-26)25-19(28)17-11-24-27(18(17)13-7-8-13)16-6-2-4-14(10-16)20(21,22)23/h2,4,6,10-11,13,15H,3,5,7-9,12H2,1H3,(H,25,28). The lowest BCUT2D eigenvalue weighted by atomic mass is 10.1. The highest BCUT2D eigenvalue weighted by Gasteiger charge is 2.35. The normalized spacial score (nSPS) is 20.6. The van der Waals surface area contributed by atoms with Gasteiger partial charge >= 0.3 is 6.18 Å². The van der Waals surface area contributed by atoms with Crippen molar-refractivity contribution in [2.24, 2.45) is 0 Å². The number of rotatable bonds is 5. The molecular formula is C20H23F3N4O3S. The Bertz CT molecular complexity index is 1090. The van der Waals surface area contributed by atoms with Gasteiger partial charge in [-0.15, -0.1) is 0 Å². The Morgan fingerprint density at radius 1 is 1.23 bits per heavy atom. The summed E-state index contributed by atoms with van der Waals surface area (Å²) in [6.07, 6.45) is 0.985. The van der Waals surface area contributed by atoms with Gasteiger partial charge in [-0.05, 0) is 43.9 Å². The van der Waals surface area contributed by atoms with Crippen molar-refractivity contribution in [1.29, 1.82) is 0 Å². The molecule has 4 rings (SSSR count). The minimum Gasteiger partial charge on any atom is -0.348 e. The summed E-state index contributed by atoms with van der Waals surface area (Å²) in [5, 5.41) is 7.10. The molecule has 2 fully saturated rings. The maximum atomic E-state index is 13.1. The minimum atomic E-state index is -4.48. The van der Waals surface area contributed by atoms with Crippen molar-refractivity contribution in [2.45, 2.75) is 43.8 Å². The molecule has 1 aromatic heterocycles. The van der Waals surface area contributed by atoms with Crippen LogP contribution in [0.5, 0.6) is 0 Å². The molecule has 0 radical (unpaired) electrons. The summed E-state index contributed by atoms with van der Waals surface area (Å²) < 4.78 is 65.8. The molecule has 168 valence electrons. The van der Waals surface area contributed by atoms with Crippen LogP contribution < -0.4 is 5.32 Å². The molecule has 0 bridgehead atoms. The third kappa shape index (κ3) is 4.77. The van der Waals surface area contributed by atoms with Crippen molar-refractivity contribution in [3.8, 4) is 5.69 Å². The smallest absolute Gasteiger partial charge is 0.348 e. The number of nitrogens with zero attached hydrogens (tertiary/aromatic N) is 3. The lowest BCUT2D eigenvalue weighted by Gasteiger charge is -2.31. The topological polar surface area (TPSA) is 84.3 Å². The minimum absolute atomic E-state index is 0.0525. The fourth-order valence-electron chi connectivity index (χ4n) is 3.93. The van der Waals surface area contributed by atoms with Crippen LogP contribution in [0.25, 0.3) is 5.69 Å². The van der Waals surface area contributed by atoms with Crippen LogP contribution >= 0.6 is 0 Å². The zero-order valence-corrected chi connectivity index (χ0v) is 17.7. The second kappa shape index (κ2) is 7.94. The van der Waals surface area contributed by atoms with Crippen molar-refractivity contribution >= 4 is 15.9 Å². The molecule has 11 heteroatoms. The summed E-state index contributed by atoms with van der Waals surface area (Å²) >= 11 is 0. The summed E-state index contributed by atoms with van der Waals surface area (Å²) in [5.74, 6) is -0.336. The van der Waals surface area contributed by atoms with Crippen LogP contribution in [0.2, 0.25) is 0 Å². The third-order valence-corrected chi connectivity index (χ3v) is 6.89. The molecule has 1 atom stereocenters. The second-order valence-corrected chi connectivity index (χ2v) is 10.1. The second-order valence-electron chi connectivity index (χ2n) is 8.11. The molecule has 2 heterocycles. The van der Waals surface area contributed by atoms with Gasteiger partial charge in [0.25, 0.3) is 5.91 Å². The number of benzene rings is 1. The van der Waals surface area contributed by atoms with Crippen molar-refractivity contribution in [1.82, 2.24) is 19.4 Å². The Morgan fingerprint density at radius 2 is 1.97 bits per heavy atom. The van der Waals surface area contributed by atoms with E-state index in [0.717, 1.165) is 31.2 Å². The van der Waals surface area contributed by atoms with E-state index in [1.807, 2.05) is 0 Å². The van der Waals surface area contributed by atoms with E-state index in [4.69, 9.17) is 0 Å². The van der Waals surface area contributed by atoms with Gasteiger partial charge in [0.2, 0.25) is 10.0 Å². The maximum Gasteiger partial charge on any atom is 0.416 e. The number of carbonyl (C=O) groups excluding carboxylic acids is 1. The number of amides is 1. The van der Waals surface area contributed by atoms with E-state index in [9.17, 15) is 26.4 Å². The first kappa shape index (κ1) is 21.8. The summed E-state index contributed by atoms with van der Waals surface area (Å²) in [5.41, 5.74) is 0.372. The Hall–Kier alpha value is -2.40. The molecule has 2 aromatic rings. The maximum absolute atomic E-state index is 13.1. The number of sulfonamides is 1. The zero-order valence-electron chi connectivity index (χ0n) is 16.9. The molecule has 1 aliphatic carbocycles. The largest absolute Gasteiger partial charge is 0.416 e. The molecule has 31 heavy (non-hydrogen) atoms. The molecule has 0 spiro atoms. The van der Waals surface area contributed by atoms with E-state index in [2.05, 4.69) is 10.4 Å².